The number of hydrogen-bond acceptors (Lipinski definition) is 2. The second-order valence-corrected chi connectivity index (χ2v) is 5.09. The first-order valence-corrected chi connectivity index (χ1v) is 7.15. The Morgan fingerprint density at radius 2 is 1.38 bits per heavy atom. The van der Waals surface area contributed by atoms with E-state index in [1.165, 1.54) is 16.7 Å². The molecule has 0 aliphatic heterocycles. The minimum atomic E-state index is 0.260. The van der Waals surface area contributed by atoms with E-state index in [4.69, 9.17) is 0 Å². The fourth-order valence-corrected chi connectivity index (χ4v) is 2.37. The fraction of sp³-hybridized carbons (Fsp3) is 0.105. The summed E-state index contributed by atoms with van der Waals surface area (Å²) in [5.41, 5.74) is 4.83. The molecular formula is C19H18N2. The molecule has 3 aromatic rings. The average Bonchev–Trinajstić information content (AvgIpc) is 2.57. The van der Waals surface area contributed by atoms with Crippen molar-refractivity contribution < 1.29 is 0 Å². The lowest BCUT2D eigenvalue weighted by atomic mass is 10.1. The van der Waals surface area contributed by atoms with Crippen LogP contribution >= 0.6 is 0 Å². The van der Waals surface area contributed by atoms with Crippen LogP contribution in [0.5, 0.6) is 0 Å². The monoisotopic (exact) mass is 274 g/mol. The number of pyridine rings is 1. The van der Waals surface area contributed by atoms with Gasteiger partial charge in [0.1, 0.15) is 0 Å². The van der Waals surface area contributed by atoms with E-state index in [0.717, 1.165) is 5.69 Å². The highest BCUT2D eigenvalue weighted by Gasteiger charge is 2.04. The summed E-state index contributed by atoms with van der Waals surface area (Å²) in [6, 6.07) is 23.3. The third-order valence-corrected chi connectivity index (χ3v) is 3.58. The topological polar surface area (TPSA) is 24.9 Å². The molecule has 0 spiro atoms. The van der Waals surface area contributed by atoms with E-state index < -0.39 is 0 Å². The van der Waals surface area contributed by atoms with E-state index in [1.54, 1.807) is 0 Å². The zero-order valence-corrected chi connectivity index (χ0v) is 12.0. The van der Waals surface area contributed by atoms with Crippen molar-refractivity contribution in [2.24, 2.45) is 0 Å². The SMILES string of the molecule is CC(Nc1ccc(-c2ccccc2)cc1)c1ccncc1. The van der Waals surface area contributed by atoms with Crippen molar-refractivity contribution >= 4 is 5.69 Å². The van der Waals surface area contributed by atoms with Crippen molar-refractivity contribution in [3.8, 4) is 11.1 Å². The zero-order valence-electron chi connectivity index (χ0n) is 12.0. The van der Waals surface area contributed by atoms with Crippen LogP contribution in [0.25, 0.3) is 11.1 Å². The predicted molar refractivity (Wildman–Crippen MR) is 88.2 cm³/mol. The highest BCUT2D eigenvalue weighted by atomic mass is 14.9. The molecule has 0 radical (unpaired) electrons. The van der Waals surface area contributed by atoms with E-state index in [-0.39, 0.29) is 6.04 Å². The van der Waals surface area contributed by atoms with Gasteiger partial charge in [0.15, 0.2) is 0 Å². The van der Waals surface area contributed by atoms with Gasteiger partial charge in [-0.25, -0.2) is 0 Å². The molecule has 1 N–H and O–H groups in total. The molecule has 1 atom stereocenters. The fourth-order valence-electron chi connectivity index (χ4n) is 2.37. The summed E-state index contributed by atoms with van der Waals surface area (Å²) in [6.07, 6.45) is 3.65. The van der Waals surface area contributed by atoms with E-state index >= 15 is 0 Å². The van der Waals surface area contributed by atoms with E-state index in [9.17, 15) is 0 Å². The molecule has 104 valence electrons. The zero-order chi connectivity index (χ0) is 14.5. The van der Waals surface area contributed by atoms with Crippen LogP contribution in [0.1, 0.15) is 18.5 Å². The molecule has 0 saturated carbocycles. The number of nitrogens with zero attached hydrogens (tertiary/aromatic N) is 1. The van der Waals surface area contributed by atoms with Crippen LogP contribution in [0.2, 0.25) is 0 Å². The molecule has 0 fully saturated rings. The molecule has 0 aliphatic rings. The highest BCUT2D eigenvalue weighted by Crippen LogP contribution is 2.23. The Morgan fingerprint density at radius 1 is 0.762 bits per heavy atom. The van der Waals surface area contributed by atoms with Gasteiger partial charge >= 0.3 is 0 Å². The Balaban J connectivity index is 1.73. The first kappa shape index (κ1) is 13.4. The lowest BCUT2D eigenvalue weighted by molar-refractivity contribution is 0.881. The molecule has 2 nitrogen and oxygen atoms in total. The van der Waals surface area contributed by atoms with Crippen LogP contribution in [0, 0.1) is 0 Å². The van der Waals surface area contributed by atoms with Crippen molar-refractivity contribution in [1.29, 1.82) is 0 Å². The molecule has 1 unspecified atom stereocenters. The maximum atomic E-state index is 4.05. The van der Waals surface area contributed by atoms with Gasteiger partial charge in [0.25, 0.3) is 0 Å². The Hall–Kier alpha value is -2.61. The lowest BCUT2D eigenvalue weighted by Gasteiger charge is -2.15. The van der Waals surface area contributed by atoms with Crippen molar-refractivity contribution in [1.82, 2.24) is 4.98 Å². The van der Waals surface area contributed by atoms with Crippen LogP contribution < -0.4 is 5.32 Å². The number of anilines is 1. The number of rotatable bonds is 4. The Bertz CT molecular complexity index is 676. The maximum Gasteiger partial charge on any atom is 0.0486 e. The Kier molecular flexibility index (Phi) is 3.97. The van der Waals surface area contributed by atoms with Crippen LogP contribution in [-0.4, -0.2) is 4.98 Å². The lowest BCUT2D eigenvalue weighted by Crippen LogP contribution is -2.06. The average molecular weight is 274 g/mol. The normalized spacial score (nSPS) is 11.9. The number of nitrogens with one attached hydrogen (secondary N) is 1. The second-order valence-electron chi connectivity index (χ2n) is 5.09. The van der Waals surface area contributed by atoms with Crippen molar-refractivity contribution in [3.63, 3.8) is 0 Å². The van der Waals surface area contributed by atoms with E-state index in [1.807, 2.05) is 30.6 Å². The van der Waals surface area contributed by atoms with Gasteiger partial charge in [-0.05, 0) is 47.9 Å². The molecule has 0 saturated heterocycles. The molecule has 1 aromatic heterocycles. The van der Waals surface area contributed by atoms with Crippen molar-refractivity contribution in [3.05, 3.63) is 84.7 Å². The van der Waals surface area contributed by atoms with Crippen molar-refractivity contribution in [2.45, 2.75) is 13.0 Å². The van der Waals surface area contributed by atoms with Crippen LogP contribution in [0.15, 0.2) is 79.1 Å². The molecule has 1 heterocycles. The van der Waals surface area contributed by atoms with Gasteiger partial charge in [-0.1, -0.05) is 42.5 Å². The summed E-state index contributed by atoms with van der Waals surface area (Å²) in [6.45, 7) is 2.15. The van der Waals surface area contributed by atoms with Gasteiger partial charge in [-0.15, -0.1) is 0 Å². The van der Waals surface area contributed by atoms with Crippen molar-refractivity contribution in [2.75, 3.05) is 5.32 Å². The molecule has 3 rings (SSSR count). The van der Waals surface area contributed by atoms with Crippen LogP contribution in [-0.2, 0) is 0 Å². The Morgan fingerprint density at radius 3 is 2.05 bits per heavy atom. The van der Waals surface area contributed by atoms with Gasteiger partial charge < -0.3 is 5.32 Å². The van der Waals surface area contributed by atoms with Gasteiger partial charge in [0.05, 0.1) is 0 Å². The minimum absolute atomic E-state index is 0.260. The second kappa shape index (κ2) is 6.23. The number of aromatic nitrogens is 1. The smallest absolute Gasteiger partial charge is 0.0486 e. The molecular weight excluding hydrogens is 256 g/mol. The summed E-state index contributed by atoms with van der Waals surface area (Å²) in [5.74, 6) is 0. The summed E-state index contributed by atoms with van der Waals surface area (Å²) < 4.78 is 0. The van der Waals surface area contributed by atoms with Gasteiger partial charge in [0.2, 0.25) is 0 Å². The maximum absolute atomic E-state index is 4.05. The molecule has 0 bridgehead atoms. The standard InChI is InChI=1S/C19H18N2/c1-15(16-11-13-20-14-12-16)21-19-9-7-18(8-10-19)17-5-3-2-4-6-17/h2-15,21H,1H3. The van der Waals surface area contributed by atoms with Crippen LogP contribution in [0.4, 0.5) is 5.69 Å². The molecule has 2 heteroatoms. The summed E-state index contributed by atoms with van der Waals surface area (Å²) in [4.78, 5) is 4.05. The third-order valence-electron chi connectivity index (χ3n) is 3.58. The third kappa shape index (κ3) is 3.29. The first-order chi connectivity index (χ1) is 10.3. The molecule has 21 heavy (non-hydrogen) atoms. The summed E-state index contributed by atoms with van der Waals surface area (Å²) in [7, 11) is 0. The van der Waals surface area contributed by atoms with E-state index in [2.05, 4.69) is 65.8 Å². The van der Waals surface area contributed by atoms with Gasteiger partial charge in [0, 0.05) is 24.1 Å². The summed E-state index contributed by atoms with van der Waals surface area (Å²) in [5, 5.41) is 3.51. The van der Waals surface area contributed by atoms with E-state index in [0.29, 0.717) is 0 Å². The molecule has 2 aromatic carbocycles. The first-order valence-electron chi connectivity index (χ1n) is 7.15. The minimum Gasteiger partial charge on any atom is -0.379 e. The van der Waals surface area contributed by atoms with Gasteiger partial charge in [-0.2, -0.15) is 0 Å². The van der Waals surface area contributed by atoms with Gasteiger partial charge in [-0.3, -0.25) is 4.98 Å². The molecule has 0 amide bonds. The number of hydrogen-bond donors (Lipinski definition) is 1. The highest BCUT2D eigenvalue weighted by molar-refractivity contribution is 5.66. The predicted octanol–water partition coefficient (Wildman–Crippen LogP) is 4.92. The number of benzene rings is 2. The van der Waals surface area contributed by atoms with Crippen LogP contribution in [0.3, 0.4) is 0 Å². The Labute approximate surface area is 125 Å². The molecule has 0 aliphatic carbocycles. The summed E-state index contributed by atoms with van der Waals surface area (Å²) >= 11 is 0. The quantitative estimate of drug-likeness (QED) is 0.730. The largest absolute Gasteiger partial charge is 0.379 e.